The minimum atomic E-state index is 0.184. The Labute approximate surface area is 135 Å². The third kappa shape index (κ3) is 1.72. The average molecular weight is 307 g/mol. The molecule has 2 fully saturated rings. The van der Waals surface area contributed by atoms with Crippen molar-refractivity contribution in [1.82, 2.24) is 9.80 Å². The summed E-state index contributed by atoms with van der Waals surface area (Å²) in [6, 6.07) is 8.70. The fourth-order valence-corrected chi connectivity index (χ4v) is 4.83. The Kier molecular flexibility index (Phi) is 2.73. The number of rotatable bonds is 0. The number of carbonyl (C=O) groups is 1. The Morgan fingerprint density at radius 1 is 1.17 bits per heavy atom. The van der Waals surface area contributed by atoms with Crippen LogP contribution in [0.25, 0.3) is 5.57 Å². The highest BCUT2D eigenvalue weighted by atomic mass is 16.2. The second-order valence-electron chi connectivity index (χ2n) is 7.09. The molecule has 1 aliphatic carbocycles. The summed E-state index contributed by atoms with van der Waals surface area (Å²) in [4.78, 5) is 22.3. The predicted molar refractivity (Wildman–Crippen MR) is 87.5 cm³/mol. The molecule has 2 unspecified atom stereocenters. The van der Waals surface area contributed by atoms with Gasteiger partial charge in [0.25, 0.3) is 0 Å². The highest BCUT2D eigenvalue weighted by Gasteiger charge is 2.46. The van der Waals surface area contributed by atoms with Crippen molar-refractivity contribution in [3.8, 4) is 0 Å². The van der Waals surface area contributed by atoms with Gasteiger partial charge in [0.1, 0.15) is 11.5 Å². The summed E-state index contributed by atoms with van der Waals surface area (Å²) >= 11 is 0. The van der Waals surface area contributed by atoms with E-state index in [4.69, 9.17) is 4.99 Å². The van der Waals surface area contributed by atoms with Crippen LogP contribution in [0.2, 0.25) is 0 Å². The van der Waals surface area contributed by atoms with E-state index in [1.54, 1.807) is 0 Å². The maximum atomic E-state index is 13.0. The fourth-order valence-electron chi connectivity index (χ4n) is 4.83. The number of fused-ring (bicyclic) bond motifs is 4. The van der Waals surface area contributed by atoms with Crippen molar-refractivity contribution in [2.45, 2.75) is 38.1 Å². The Morgan fingerprint density at radius 3 is 2.91 bits per heavy atom. The average Bonchev–Trinajstić information content (AvgIpc) is 2.98. The molecule has 1 aromatic rings. The molecule has 3 aliphatic heterocycles. The Hall–Kier alpha value is -2.10. The second kappa shape index (κ2) is 4.70. The normalized spacial score (nSPS) is 28.9. The molecule has 1 saturated heterocycles. The quantitative estimate of drug-likeness (QED) is 0.726. The van der Waals surface area contributed by atoms with Crippen molar-refractivity contribution in [2.24, 2.45) is 10.9 Å². The zero-order valence-corrected chi connectivity index (χ0v) is 13.5. The van der Waals surface area contributed by atoms with Gasteiger partial charge in [0.05, 0.1) is 11.3 Å². The Morgan fingerprint density at radius 2 is 2.00 bits per heavy atom. The molecule has 1 aromatic carbocycles. The van der Waals surface area contributed by atoms with E-state index in [1.165, 1.54) is 23.6 Å². The van der Waals surface area contributed by atoms with Crippen LogP contribution in [0.3, 0.4) is 0 Å². The molecule has 4 aliphatic rings. The lowest BCUT2D eigenvalue weighted by Gasteiger charge is -2.50. The van der Waals surface area contributed by atoms with Crippen molar-refractivity contribution in [1.29, 1.82) is 0 Å². The van der Waals surface area contributed by atoms with Crippen LogP contribution in [0.5, 0.6) is 0 Å². The number of amides is 1. The zero-order chi connectivity index (χ0) is 15.6. The third-order valence-corrected chi connectivity index (χ3v) is 5.94. The summed E-state index contributed by atoms with van der Waals surface area (Å²) in [7, 11) is 2.16. The molecule has 3 heterocycles. The van der Waals surface area contributed by atoms with Crippen molar-refractivity contribution >= 4 is 11.5 Å². The summed E-state index contributed by atoms with van der Waals surface area (Å²) in [5, 5.41) is 2.31. The lowest BCUT2D eigenvalue weighted by molar-refractivity contribution is -0.143. The summed E-state index contributed by atoms with van der Waals surface area (Å²) in [5.41, 5.74) is 2.36. The molecule has 0 aromatic heterocycles. The van der Waals surface area contributed by atoms with Crippen LogP contribution in [0.15, 0.2) is 40.8 Å². The fraction of sp³-hybridized carbons (Fsp3) is 0.474. The highest BCUT2D eigenvalue weighted by molar-refractivity contribution is 5.85. The van der Waals surface area contributed by atoms with E-state index in [0.29, 0.717) is 11.9 Å². The van der Waals surface area contributed by atoms with Gasteiger partial charge in [-0.25, -0.2) is 4.99 Å². The van der Waals surface area contributed by atoms with Gasteiger partial charge in [0.2, 0.25) is 5.91 Å². The summed E-state index contributed by atoms with van der Waals surface area (Å²) in [6.07, 6.45) is 5.50. The van der Waals surface area contributed by atoms with E-state index in [0.717, 1.165) is 42.7 Å². The van der Waals surface area contributed by atoms with Gasteiger partial charge in [0, 0.05) is 24.9 Å². The SMILES string of the molecule is CN1C2=C3N=c4ccccc4=C3CCN2C(=O)C2CCCCC21. The molecule has 4 nitrogen and oxygen atoms in total. The van der Waals surface area contributed by atoms with Crippen LogP contribution in [0.4, 0.5) is 0 Å². The monoisotopic (exact) mass is 307 g/mol. The molecule has 1 saturated carbocycles. The highest BCUT2D eigenvalue weighted by Crippen LogP contribution is 2.41. The van der Waals surface area contributed by atoms with E-state index in [1.807, 2.05) is 11.0 Å². The lowest BCUT2D eigenvalue weighted by atomic mass is 9.80. The van der Waals surface area contributed by atoms with Crippen molar-refractivity contribution in [3.05, 3.63) is 46.4 Å². The van der Waals surface area contributed by atoms with Gasteiger partial charge in [0.15, 0.2) is 0 Å². The van der Waals surface area contributed by atoms with E-state index in [-0.39, 0.29) is 5.92 Å². The maximum Gasteiger partial charge on any atom is 0.233 e. The number of allylic oxidation sites excluding steroid dienone is 1. The first-order valence-electron chi connectivity index (χ1n) is 8.71. The van der Waals surface area contributed by atoms with Gasteiger partial charge < -0.3 is 4.90 Å². The standard InChI is InChI=1S/C19H21N3O/c1-21-16-9-5-3-7-14(16)19(23)22-11-10-13-12-6-2-4-8-15(12)20-17(13)18(21)22/h2,4,6,8,14,16H,3,5,7,9-11H2,1H3. The first-order chi connectivity index (χ1) is 11.3. The smallest absolute Gasteiger partial charge is 0.233 e. The number of carbonyl (C=O) groups excluding carboxylic acids is 1. The molecule has 0 radical (unpaired) electrons. The zero-order valence-electron chi connectivity index (χ0n) is 13.5. The number of hydrogen-bond donors (Lipinski definition) is 0. The van der Waals surface area contributed by atoms with Crippen LogP contribution >= 0.6 is 0 Å². The molecule has 0 spiro atoms. The number of para-hydroxylation sites is 1. The van der Waals surface area contributed by atoms with E-state index < -0.39 is 0 Å². The maximum absolute atomic E-state index is 13.0. The van der Waals surface area contributed by atoms with Gasteiger partial charge in [-0.2, -0.15) is 0 Å². The first-order valence-corrected chi connectivity index (χ1v) is 8.71. The number of nitrogens with zero attached hydrogens (tertiary/aromatic N) is 3. The second-order valence-corrected chi connectivity index (χ2v) is 7.09. The van der Waals surface area contributed by atoms with E-state index >= 15 is 0 Å². The van der Waals surface area contributed by atoms with Crippen LogP contribution in [0, 0.1) is 5.92 Å². The molecule has 0 bridgehead atoms. The number of hydrogen-bond acceptors (Lipinski definition) is 3. The predicted octanol–water partition coefficient (Wildman–Crippen LogP) is 1.38. The molecular weight excluding hydrogens is 286 g/mol. The van der Waals surface area contributed by atoms with E-state index in [2.05, 4.69) is 30.1 Å². The molecule has 118 valence electrons. The summed E-state index contributed by atoms with van der Waals surface area (Å²) < 4.78 is 0. The van der Waals surface area contributed by atoms with Gasteiger partial charge >= 0.3 is 0 Å². The number of benzene rings is 1. The minimum absolute atomic E-state index is 0.184. The van der Waals surface area contributed by atoms with Crippen LogP contribution in [-0.2, 0) is 4.79 Å². The van der Waals surface area contributed by atoms with Gasteiger partial charge in [-0.15, -0.1) is 0 Å². The molecular formula is C19H21N3O. The van der Waals surface area contributed by atoms with Gasteiger partial charge in [-0.05, 0) is 30.9 Å². The Bertz CT molecular complexity index is 854. The largest absolute Gasteiger partial charge is 0.355 e. The first kappa shape index (κ1) is 13.3. The molecule has 1 amide bonds. The van der Waals surface area contributed by atoms with Crippen LogP contribution < -0.4 is 10.6 Å². The minimum Gasteiger partial charge on any atom is -0.355 e. The summed E-state index contributed by atoms with van der Waals surface area (Å²) in [5.74, 6) is 1.57. The topological polar surface area (TPSA) is 35.9 Å². The van der Waals surface area contributed by atoms with Crippen LogP contribution in [-0.4, -0.2) is 35.3 Å². The van der Waals surface area contributed by atoms with Crippen LogP contribution in [0.1, 0.15) is 32.1 Å². The van der Waals surface area contributed by atoms with Crippen molar-refractivity contribution in [3.63, 3.8) is 0 Å². The van der Waals surface area contributed by atoms with Crippen molar-refractivity contribution < 1.29 is 4.79 Å². The van der Waals surface area contributed by atoms with Crippen molar-refractivity contribution in [2.75, 3.05) is 13.6 Å². The molecule has 23 heavy (non-hydrogen) atoms. The lowest BCUT2D eigenvalue weighted by Crippen LogP contribution is -2.58. The van der Waals surface area contributed by atoms with Gasteiger partial charge in [-0.1, -0.05) is 31.0 Å². The van der Waals surface area contributed by atoms with Gasteiger partial charge in [-0.3, -0.25) is 9.69 Å². The third-order valence-electron chi connectivity index (χ3n) is 5.94. The molecule has 5 rings (SSSR count). The molecule has 4 heteroatoms. The summed E-state index contributed by atoms with van der Waals surface area (Å²) in [6.45, 7) is 0.796. The molecule has 2 atom stereocenters. The molecule has 0 N–H and O–H groups in total. The Balaban J connectivity index is 1.72. The van der Waals surface area contributed by atoms with E-state index in [9.17, 15) is 4.79 Å².